The van der Waals surface area contributed by atoms with Crippen molar-refractivity contribution in [2.24, 2.45) is 5.92 Å². The second-order valence-electron chi connectivity index (χ2n) is 8.72. The number of rotatable bonds is 7. The van der Waals surface area contributed by atoms with Crippen LogP contribution >= 0.6 is 0 Å². The average Bonchev–Trinajstić information content (AvgIpc) is 2.87. The van der Waals surface area contributed by atoms with Gasteiger partial charge in [-0.1, -0.05) is 12.1 Å². The van der Waals surface area contributed by atoms with Crippen molar-refractivity contribution in [2.75, 3.05) is 46.5 Å². The lowest BCUT2D eigenvalue weighted by Gasteiger charge is -2.39. The first kappa shape index (κ1) is 24.0. The van der Waals surface area contributed by atoms with Crippen molar-refractivity contribution in [3.8, 4) is 11.5 Å². The van der Waals surface area contributed by atoms with Gasteiger partial charge in [-0.05, 0) is 42.0 Å². The van der Waals surface area contributed by atoms with E-state index in [-0.39, 0.29) is 42.5 Å². The molecule has 182 valence electrons. The fourth-order valence-electron chi connectivity index (χ4n) is 4.51. The Kier molecular flexibility index (Phi) is 8.00. The van der Waals surface area contributed by atoms with Crippen LogP contribution in [0.1, 0.15) is 18.4 Å². The molecular formula is C26H31FN2O5. The fraction of sp³-hybridized carbons (Fsp3) is 0.462. The Labute approximate surface area is 199 Å². The minimum absolute atomic E-state index is 0.0114. The van der Waals surface area contributed by atoms with E-state index < -0.39 is 0 Å². The molecule has 7 nitrogen and oxygen atoms in total. The number of benzene rings is 2. The van der Waals surface area contributed by atoms with Crippen molar-refractivity contribution in [1.29, 1.82) is 0 Å². The molecule has 2 aliphatic rings. The number of carbonyl (C=O) groups excluding carboxylic acids is 2. The summed E-state index contributed by atoms with van der Waals surface area (Å²) in [6.45, 7) is 3.21. The number of hydrogen-bond donors (Lipinski definition) is 0. The summed E-state index contributed by atoms with van der Waals surface area (Å²) in [6, 6.07) is 13.4. The molecule has 34 heavy (non-hydrogen) atoms. The van der Waals surface area contributed by atoms with Gasteiger partial charge in [0.2, 0.25) is 11.8 Å². The quantitative estimate of drug-likeness (QED) is 0.623. The lowest BCUT2D eigenvalue weighted by Crippen LogP contribution is -2.50. The molecule has 2 aromatic rings. The van der Waals surface area contributed by atoms with Gasteiger partial charge < -0.3 is 24.0 Å². The molecule has 2 atom stereocenters. The average molecular weight is 471 g/mol. The molecule has 0 spiro atoms. The van der Waals surface area contributed by atoms with E-state index in [1.165, 1.54) is 12.1 Å². The molecule has 0 unspecified atom stereocenters. The first-order valence-electron chi connectivity index (χ1n) is 11.7. The Bertz CT molecular complexity index is 977. The third kappa shape index (κ3) is 6.26. The van der Waals surface area contributed by atoms with E-state index in [9.17, 15) is 14.0 Å². The van der Waals surface area contributed by atoms with Crippen LogP contribution in [0.15, 0.2) is 48.5 Å². The lowest BCUT2D eigenvalue weighted by molar-refractivity contribution is -0.141. The number of halogens is 1. The van der Waals surface area contributed by atoms with Crippen LogP contribution in [0.5, 0.6) is 11.5 Å². The smallest absolute Gasteiger partial charge is 0.227 e. The molecule has 0 saturated carbocycles. The van der Waals surface area contributed by atoms with Crippen LogP contribution in [0.3, 0.4) is 0 Å². The van der Waals surface area contributed by atoms with Gasteiger partial charge in [-0.3, -0.25) is 9.59 Å². The molecule has 2 fully saturated rings. The molecule has 2 aliphatic heterocycles. The molecule has 2 heterocycles. The zero-order chi connectivity index (χ0) is 23.9. The molecule has 0 N–H and O–H groups in total. The predicted octanol–water partition coefficient (Wildman–Crippen LogP) is 2.92. The number of hydrogen-bond acceptors (Lipinski definition) is 5. The van der Waals surface area contributed by atoms with E-state index in [2.05, 4.69) is 0 Å². The molecule has 0 aromatic heterocycles. The maximum absolute atomic E-state index is 13.3. The second-order valence-corrected chi connectivity index (χ2v) is 8.72. The van der Waals surface area contributed by atoms with E-state index >= 15 is 0 Å². The Morgan fingerprint density at radius 1 is 1.00 bits per heavy atom. The van der Waals surface area contributed by atoms with Gasteiger partial charge in [0.1, 0.15) is 23.4 Å². The van der Waals surface area contributed by atoms with Gasteiger partial charge in [0, 0.05) is 44.9 Å². The topological polar surface area (TPSA) is 68.3 Å². The largest absolute Gasteiger partial charge is 0.497 e. The SMILES string of the molecule is COc1cccc(CC(=O)N2CC[C@H](Oc3ccc(F)cc3)[C@@H](CC(=O)N3CCOCC3)C2)c1. The molecule has 2 amide bonds. The number of carbonyl (C=O) groups is 2. The number of amides is 2. The highest BCUT2D eigenvalue weighted by atomic mass is 19.1. The van der Waals surface area contributed by atoms with Gasteiger partial charge in [0.25, 0.3) is 0 Å². The fourth-order valence-corrected chi connectivity index (χ4v) is 4.51. The minimum atomic E-state index is -0.329. The summed E-state index contributed by atoms with van der Waals surface area (Å²) in [7, 11) is 1.60. The van der Waals surface area contributed by atoms with Crippen molar-refractivity contribution < 1.29 is 28.2 Å². The molecule has 0 radical (unpaired) electrons. The molecule has 4 rings (SSSR count). The van der Waals surface area contributed by atoms with Crippen LogP contribution in [0.25, 0.3) is 0 Å². The zero-order valence-corrected chi connectivity index (χ0v) is 19.5. The predicted molar refractivity (Wildman–Crippen MR) is 124 cm³/mol. The maximum Gasteiger partial charge on any atom is 0.227 e. The van der Waals surface area contributed by atoms with Crippen molar-refractivity contribution >= 4 is 11.8 Å². The van der Waals surface area contributed by atoms with Crippen LogP contribution in [0.4, 0.5) is 4.39 Å². The number of methoxy groups -OCH3 is 1. The van der Waals surface area contributed by atoms with Crippen molar-refractivity contribution in [3.05, 3.63) is 59.9 Å². The summed E-state index contributed by atoms with van der Waals surface area (Å²) in [5, 5.41) is 0. The van der Waals surface area contributed by atoms with Crippen LogP contribution in [-0.4, -0.2) is 74.2 Å². The van der Waals surface area contributed by atoms with E-state index in [4.69, 9.17) is 14.2 Å². The normalized spacial score (nSPS) is 20.6. The number of ether oxygens (including phenoxy) is 3. The van der Waals surface area contributed by atoms with Gasteiger partial charge in [-0.2, -0.15) is 0 Å². The van der Waals surface area contributed by atoms with E-state index in [1.54, 1.807) is 19.2 Å². The van der Waals surface area contributed by atoms with Crippen molar-refractivity contribution in [3.63, 3.8) is 0 Å². The first-order valence-corrected chi connectivity index (χ1v) is 11.7. The van der Waals surface area contributed by atoms with Gasteiger partial charge in [-0.15, -0.1) is 0 Å². The van der Waals surface area contributed by atoms with Gasteiger partial charge in [0.05, 0.1) is 26.7 Å². The second kappa shape index (κ2) is 11.3. The van der Waals surface area contributed by atoms with E-state index in [0.717, 1.165) is 5.56 Å². The number of morpholine rings is 1. The van der Waals surface area contributed by atoms with Crippen molar-refractivity contribution in [2.45, 2.75) is 25.4 Å². The summed E-state index contributed by atoms with van der Waals surface area (Å²) in [5.74, 6) is 0.838. The standard InChI is InChI=1S/C26H31FN2O5/c1-32-23-4-2-3-19(15-23)16-25(30)29-10-9-24(34-22-7-5-21(27)6-8-22)20(18-29)17-26(31)28-11-13-33-14-12-28/h2-8,15,20,24H,9-14,16-18H2,1H3/t20-,24-/m0/s1. The molecule has 2 aromatic carbocycles. The maximum atomic E-state index is 13.3. The molecular weight excluding hydrogens is 439 g/mol. The zero-order valence-electron chi connectivity index (χ0n) is 19.5. The van der Waals surface area contributed by atoms with Crippen LogP contribution in [-0.2, 0) is 20.7 Å². The first-order chi connectivity index (χ1) is 16.5. The number of likely N-dealkylation sites (tertiary alicyclic amines) is 1. The van der Waals surface area contributed by atoms with Crippen LogP contribution in [0.2, 0.25) is 0 Å². The Hall–Kier alpha value is -3.13. The summed E-state index contributed by atoms with van der Waals surface area (Å²) < 4.78 is 30.1. The number of piperidine rings is 1. The number of nitrogens with zero attached hydrogens (tertiary/aromatic N) is 2. The Balaban J connectivity index is 1.44. The monoisotopic (exact) mass is 470 g/mol. The molecule has 0 aliphatic carbocycles. The third-order valence-electron chi connectivity index (χ3n) is 6.41. The van der Waals surface area contributed by atoms with Gasteiger partial charge in [0.15, 0.2) is 0 Å². The highest BCUT2D eigenvalue weighted by Gasteiger charge is 2.35. The van der Waals surface area contributed by atoms with Gasteiger partial charge >= 0.3 is 0 Å². The molecule has 2 saturated heterocycles. The summed E-state index contributed by atoms with van der Waals surface area (Å²) in [5.41, 5.74) is 0.884. The van der Waals surface area contributed by atoms with E-state index in [0.29, 0.717) is 57.3 Å². The van der Waals surface area contributed by atoms with Crippen molar-refractivity contribution in [1.82, 2.24) is 9.80 Å². The van der Waals surface area contributed by atoms with Gasteiger partial charge in [-0.25, -0.2) is 4.39 Å². The third-order valence-corrected chi connectivity index (χ3v) is 6.41. The Morgan fingerprint density at radius 3 is 2.50 bits per heavy atom. The highest BCUT2D eigenvalue weighted by molar-refractivity contribution is 5.79. The summed E-state index contributed by atoms with van der Waals surface area (Å²) in [4.78, 5) is 29.7. The summed E-state index contributed by atoms with van der Waals surface area (Å²) >= 11 is 0. The lowest BCUT2D eigenvalue weighted by atomic mass is 9.90. The minimum Gasteiger partial charge on any atom is -0.497 e. The highest BCUT2D eigenvalue weighted by Crippen LogP contribution is 2.27. The molecule has 8 heteroatoms. The Morgan fingerprint density at radius 2 is 1.76 bits per heavy atom. The molecule has 0 bridgehead atoms. The summed E-state index contributed by atoms with van der Waals surface area (Å²) in [6.07, 6.45) is 0.915. The van der Waals surface area contributed by atoms with E-state index in [1.807, 2.05) is 34.1 Å². The van der Waals surface area contributed by atoms with Crippen LogP contribution < -0.4 is 9.47 Å². The van der Waals surface area contributed by atoms with Crippen LogP contribution in [0, 0.1) is 11.7 Å².